The van der Waals surface area contributed by atoms with E-state index < -0.39 is 4.92 Å². The second kappa shape index (κ2) is 8.75. The smallest absolute Gasteiger partial charge is 0.276 e. The summed E-state index contributed by atoms with van der Waals surface area (Å²) < 4.78 is 10.3. The molecule has 1 heterocycles. The zero-order chi connectivity index (χ0) is 16.1. The van der Waals surface area contributed by atoms with Crippen LogP contribution in [-0.4, -0.2) is 56.7 Å². The molecule has 1 aromatic rings. The molecule has 2 rings (SSSR count). The number of likely N-dealkylation sites (N-methyl/N-ethyl adjacent to an activating group) is 1. The van der Waals surface area contributed by atoms with Crippen molar-refractivity contribution in [1.29, 1.82) is 0 Å². The van der Waals surface area contributed by atoms with Crippen LogP contribution >= 0.6 is 24.0 Å². The van der Waals surface area contributed by atoms with Gasteiger partial charge in [0.1, 0.15) is 0 Å². The first-order valence-corrected chi connectivity index (χ1v) is 6.95. The number of nitro groups is 1. The molecule has 1 N–H and O–H groups in total. The number of guanidine groups is 1. The largest absolute Gasteiger partial charge is 0.493 e. The third-order valence-corrected chi connectivity index (χ3v) is 3.52. The summed E-state index contributed by atoms with van der Waals surface area (Å²) in [6.07, 6.45) is 0.490. The predicted molar refractivity (Wildman–Crippen MR) is 98.3 cm³/mol. The van der Waals surface area contributed by atoms with Crippen LogP contribution in [0.4, 0.5) is 5.69 Å². The van der Waals surface area contributed by atoms with Crippen molar-refractivity contribution in [1.82, 2.24) is 10.2 Å². The maximum atomic E-state index is 11.2. The molecule has 0 amide bonds. The van der Waals surface area contributed by atoms with Crippen LogP contribution in [0.15, 0.2) is 17.1 Å². The predicted octanol–water partition coefficient (Wildman–Crippen LogP) is 1.66. The highest BCUT2D eigenvalue weighted by molar-refractivity contribution is 14.0. The lowest BCUT2D eigenvalue weighted by Crippen LogP contribution is -2.36. The van der Waals surface area contributed by atoms with Gasteiger partial charge in [-0.05, 0) is 12.5 Å². The molecule has 0 atom stereocenters. The lowest BCUT2D eigenvalue weighted by Gasteiger charge is -2.15. The van der Waals surface area contributed by atoms with E-state index in [1.165, 1.54) is 20.3 Å². The minimum Gasteiger partial charge on any atom is -0.493 e. The molecule has 0 unspecified atom stereocenters. The fourth-order valence-electron chi connectivity index (χ4n) is 2.31. The first-order valence-electron chi connectivity index (χ1n) is 6.95. The van der Waals surface area contributed by atoms with E-state index in [4.69, 9.17) is 9.47 Å². The Morgan fingerprint density at radius 2 is 2.00 bits per heavy atom. The van der Waals surface area contributed by atoms with Gasteiger partial charge in [0.2, 0.25) is 0 Å². The van der Waals surface area contributed by atoms with E-state index in [0.717, 1.165) is 19.0 Å². The van der Waals surface area contributed by atoms with E-state index in [9.17, 15) is 10.1 Å². The third-order valence-electron chi connectivity index (χ3n) is 3.52. The van der Waals surface area contributed by atoms with E-state index in [2.05, 4.69) is 10.3 Å². The van der Waals surface area contributed by atoms with Crippen molar-refractivity contribution < 1.29 is 14.4 Å². The molecule has 8 nitrogen and oxygen atoms in total. The van der Waals surface area contributed by atoms with Crippen LogP contribution < -0.4 is 14.8 Å². The molecule has 0 aromatic heterocycles. The lowest BCUT2D eigenvalue weighted by atomic mass is 10.1. The Bertz CT molecular complexity index is 594. The van der Waals surface area contributed by atoms with Gasteiger partial charge in [0.25, 0.3) is 5.69 Å². The van der Waals surface area contributed by atoms with Gasteiger partial charge >= 0.3 is 0 Å². The Balaban J connectivity index is 0.00000264. The van der Waals surface area contributed by atoms with Gasteiger partial charge in [-0.2, -0.15) is 0 Å². The number of hydrogen-bond acceptors (Lipinski definition) is 7. The van der Waals surface area contributed by atoms with Crippen molar-refractivity contribution in [3.05, 3.63) is 27.8 Å². The van der Waals surface area contributed by atoms with Crippen LogP contribution in [0.1, 0.15) is 5.56 Å². The number of methoxy groups -OCH3 is 2. The maximum absolute atomic E-state index is 11.2. The molecule has 23 heavy (non-hydrogen) atoms. The molecule has 9 heteroatoms. The highest BCUT2D eigenvalue weighted by Crippen LogP contribution is 2.34. The fraction of sp³-hybridized carbons (Fsp3) is 0.500. The number of ether oxygens (including phenoxy) is 2. The molecule has 0 saturated heterocycles. The minimum atomic E-state index is -0.406. The van der Waals surface area contributed by atoms with Crippen molar-refractivity contribution in [2.45, 2.75) is 6.42 Å². The van der Waals surface area contributed by atoms with E-state index in [0.29, 0.717) is 30.0 Å². The Labute approximate surface area is 152 Å². The fourth-order valence-corrected chi connectivity index (χ4v) is 2.31. The molecular weight excluding hydrogens is 415 g/mol. The van der Waals surface area contributed by atoms with Gasteiger partial charge in [-0.1, -0.05) is 0 Å². The summed E-state index contributed by atoms with van der Waals surface area (Å²) in [4.78, 5) is 17.1. The third kappa shape index (κ3) is 4.60. The normalized spacial score (nSPS) is 13.2. The van der Waals surface area contributed by atoms with E-state index in [-0.39, 0.29) is 29.7 Å². The van der Waals surface area contributed by atoms with Gasteiger partial charge < -0.3 is 19.7 Å². The average molecular weight is 436 g/mol. The number of benzene rings is 1. The lowest BCUT2D eigenvalue weighted by molar-refractivity contribution is -0.385. The Morgan fingerprint density at radius 1 is 1.35 bits per heavy atom. The van der Waals surface area contributed by atoms with Crippen molar-refractivity contribution in [3.8, 4) is 11.5 Å². The highest BCUT2D eigenvalue weighted by atomic mass is 127. The molecule has 0 spiro atoms. The zero-order valence-corrected chi connectivity index (χ0v) is 15.7. The standard InChI is InChI=1S/C14H20N4O4.HI/c1-17-7-6-16-14(17)15-5-4-10-8-12(21-2)13(22-3)9-11(10)18(19)20;/h8-9H,4-7H2,1-3H3,(H,15,16);1H. The number of rotatable bonds is 6. The van der Waals surface area contributed by atoms with Gasteiger partial charge in [0.15, 0.2) is 17.5 Å². The molecule has 0 radical (unpaired) electrons. The molecule has 1 aliphatic heterocycles. The first kappa shape index (κ1) is 19.3. The summed E-state index contributed by atoms with van der Waals surface area (Å²) >= 11 is 0. The topological polar surface area (TPSA) is 89.2 Å². The summed E-state index contributed by atoms with van der Waals surface area (Å²) in [5.74, 6) is 1.66. The number of hydrogen-bond donors (Lipinski definition) is 1. The van der Waals surface area contributed by atoms with Gasteiger partial charge in [0.05, 0.1) is 31.8 Å². The number of halogens is 1. The second-order valence-electron chi connectivity index (χ2n) is 4.90. The summed E-state index contributed by atoms with van der Waals surface area (Å²) in [6.45, 7) is 2.22. The summed E-state index contributed by atoms with van der Waals surface area (Å²) in [6, 6.07) is 3.05. The van der Waals surface area contributed by atoms with Crippen LogP contribution in [0, 0.1) is 10.1 Å². The van der Waals surface area contributed by atoms with Crippen LogP contribution in [0.25, 0.3) is 0 Å². The number of aliphatic imine (C=N–C) groups is 1. The van der Waals surface area contributed by atoms with Crippen LogP contribution in [-0.2, 0) is 6.42 Å². The quantitative estimate of drug-likeness (QED) is 0.415. The number of nitrogens with one attached hydrogen (secondary N) is 1. The molecule has 0 bridgehead atoms. The molecule has 0 fully saturated rings. The van der Waals surface area contributed by atoms with E-state index in [1.54, 1.807) is 6.07 Å². The maximum Gasteiger partial charge on any atom is 0.276 e. The van der Waals surface area contributed by atoms with Gasteiger partial charge in [-0.3, -0.25) is 15.1 Å². The average Bonchev–Trinajstić information content (AvgIpc) is 2.91. The molecular formula is C14H21IN4O4. The SMILES string of the molecule is COc1cc(CCNC2=NCCN2C)c([N+](=O)[O-])cc1OC.I. The molecule has 1 aromatic carbocycles. The summed E-state index contributed by atoms with van der Waals surface area (Å²) in [7, 11) is 4.92. The van der Waals surface area contributed by atoms with Crippen LogP contribution in [0.2, 0.25) is 0 Å². The van der Waals surface area contributed by atoms with Gasteiger partial charge in [-0.25, -0.2) is 0 Å². The summed E-state index contributed by atoms with van der Waals surface area (Å²) in [5.41, 5.74) is 0.623. The Kier molecular flexibility index (Phi) is 7.33. The second-order valence-corrected chi connectivity index (χ2v) is 4.90. The zero-order valence-electron chi connectivity index (χ0n) is 13.4. The van der Waals surface area contributed by atoms with Crippen LogP contribution in [0.5, 0.6) is 11.5 Å². The molecule has 0 saturated carbocycles. The molecule has 0 aliphatic carbocycles. The van der Waals surface area contributed by atoms with Crippen molar-refractivity contribution >= 4 is 35.6 Å². The minimum absolute atomic E-state index is 0. The van der Waals surface area contributed by atoms with Crippen LogP contribution in [0.3, 0.4) is 0 Å². The van der Waals surface area contributed by atoms with Crippen molar-refractivity contribution in [2.24, 2.45) is 4.99 Å². The van der Waals surface area contributed by atoms with E-state index in [1.807, 2.05) is 11.9 Å². The van der Waals surface area contributed by atoms with Gasteiger partial charge in [0, 0.05) is 25.7 Å². The molecule has 1 aliphatic rings. The van der Waals surface area contributed by atoms with Crippen molar-refractivity contribution in [2.75, 3.05) is 40.9 Å². The monoisotopic (exact) mass is 436 g/mol. The molecule has 128 valence electrons. The Morgan fingerprint density at radius 3 is 2.52 bits per heavy atom. The number of nitro benzene ring substituents is 1. The first-order chi connectivity index (χ1) is 10.6. The van der Waals surface area contributed by atoms with E-state index >= 15 is 0 Å². The Hall–Kier alpha value is -1.78. The van der Waals surface area contributed by atoms with Gasteiger partial charge in [-0.15, -0.1) is 24.0 Å². The highest BCUT2D eigenvalue weighted by Gasteiger charge is 2.19. The summed E-state index contributed by atoms with van der Waals surface area (Å²) in [5, 5.41) is 14.4. The number of nitrogens with zero attached hydrogens (tertiary/aromatic N) is 3. The van der Waals surface area contributed by atoms with Crippen molar-refractivity contribution in [3.63, 3.8) is 0 Å².